The summed E-state index contributed by atoms with van der Waals surface area (Å²) >= 11 is 1.36. The van der Waals surface area contributed by atoms with Gasteiger partial charge in [-0.2, -0.15) is 0 Å². The Labute approximate surface area is 162 Å². The van der Waals surface area contributed by atoms with Crippen molar-refractivity contribution >= 4 is 17.7 Å². The van der Waals surface area contributed by atoms with E-state index in [1.54, 1.807) is 13.4 Å². The summed E-state index contributed by atoms with van der Waals surface area (Å²) < 4.78 is 12.5. The minimum Gasteiger partial charge on any atom is -0.461 e. The molecule has 0 saturated carbocycles. The normalized spacial score (nSPS) is 10.9. The number of aromatic nitrogens is 3. The maximum absolute atomic E-state index is 12.2. The molecule has 7 nitrogen and oxygen atoms in total. The van der Waals surface area contributed by atoms with E-state index in [1.165, 1.54) is 11.8 Å². The lowest BCUT2D eigenvalue weighted by Crippen LogP contribution is -2.24. The average molecular weight is 386 g/mol. The molecule has 1 N–H and O–H groups in total. The fourth-order valence-electron chi connectivity index (χ4n) is 2.53. The van der Waals surface area contributed by atoms with Gasteiger partial charge in [0.25, 0.3) is 0 Å². The summed E-state index contributed by atoms with van der Waals surface area (Å²) in [7, 11) is 1.67. The standard InChI is InChI=1S/C19H22N4O3S/c1-25-11-6-10-23-18(16-9-5-12-26-16)21-22-19(23)27-14-17(24)20-13-15-7-3-2-4-8-15/h2-5,7-9,12H,6,10-11,13-14H2,1H3,(H,20,24). The second-order valence-corrected chi connectivity index (χ2v) is 6.77. The molecule has 27 heavy (non-hydrogen) atoms. The highest BCUT2D eigenvalue weighted by Crippen LogP contribution is 2.24. The Kier molecular flexibility index (Phi) is 7.06. The highest BCUT2D eigenvalue weighted by molar-refractivity contribution is 7.99. The van der Waals surface area contributed by atoms with Crippen LogP contribution in [0.5, 0.6) is 0 Å². The third kappa shape index (κ3) is 5.45. The van der Waals surface area contributed by atoms with Crippen LogP contribution in [-0.2, 0) is 22.6 Å². The van der Waals surface area contributed by atoms with Gasteiger partial charge in [0, 0.05) is 26.8 Å². The first-order valence-electron chi connectivity index (χ1n) is 8.67. The molecule has 3 aromatic rings. The van der Waals surface area contributed by atoms with E-state index in [0.717, 1.165) is 12.0 Å². The van der Waals surface area contributed by atoms with Gasteiger partial charge in [-0.25, -0.2) is 0 Å². The quantitative estimate of drug-likeness (QED) is 0.426. The highest BCUT2D eigenvalue weighted by Gasteiger charge is 2.17. The van der Waals surface area contributed by atoms with Crippen molar-refractivity contribution in [2.24, 2.45) is 0 Å². The summed E-state index contributed by atoms with van der Waals surface area (Å²) in [6.45, 7) is 1.83. The predicted octanol–water partition coefficient (Wildman–Crippen LogP) is 2.98. The number of benzene rings is 1. The van der Waals surface area contributed by atoms with Crippen LogP contribution in [0, 0.1) is 0 Å². The van der Waals surface area contributed by atoms with Gasteiger partial charge in [0.15, 0.2) is 16.7 Å². The molecule has 2 aromatic heterocycles. The van der Waals surface area contributed by atoms with Crippen molar-refractivity contribution in [3.63, 3.8) is 0 Å². The number of thioether (sulfide) groups is 1. The van der Waals surface area contributed by atoms with Gasteiger partial charge >= 0.3 is 0 Å². The van der Waals surface area contributed by atoms with Gasteiger partial charge in [0.2, 0.25) is 5.91 Å². The molecule has 1 aromatic carbocycles. The Hall–Kier alpha value is -2.58. The van der Waals surface area contributed by atoms with Crippen LogP contribution >= 0.6 is 11.8 Å². The minimum atomic E-state index is -0.0464. The molecule has 0 saturated heterocycles. The zero-order valence-corrected chi connectivity index (χ0v) is 15.9. The molecular formula is C19H22N4O3S. The lowest BCUT2D eigenvalue weighted by Gasteiger charge is -2.09. The Morgan fingerprint density at radius 3 is 2.81 bits per heavy atom. The minimum absolute atomic E-state index is 0.0464. The third-order valence-corrected chi connectivity index (χ3v) is 4.82. The second-order valence-electron chi connectivity index (χ2n) is 5.83. The average Bonchev–Trinajstić information content (AvgIpc) is 3.35. The zero-order chi connectivity index (χ0) is 18.9. The van der Waals surface area contributed by atoms with E-state index in [0.29, 0.717) is 36.4 Å². The number of nitrogens with one attached hydrogen (secondary N) is 1. The van der Waals surface area contributed by atoms with Crippen LogP contribution in [0.3, 0.4) is 0 Å². The van der Waals surface area contributed by atoms with E-state index in [4.69, 9.17) is 9.15 Å². The summed E-state index contributed by atoms with van der Waals surface area (Å²) in [6, 6.07) is 13.5. The first kappa shape index (κ1) is 19.2. The SMILES string of the molecule is COCCCn1c(SCC(=O)NCc2ccccc2)nnc1-c1ccco1. The first-order valence-corrected chi connectivity index (χ1v) is 9.66. The van der Waals surface area contributed by atoms with Gasteiger partial charge in [0.1, 0.15) is 0 Å². The van der Waals surface area contributed by atoms with Crippen LogP contribution < -0.4 is 5.32 Å². The smallest absolute Gasteiger partial charge is 0.230 e. The molecule has 2 heterocycles. The zero-order valence-electron chi connectivity index (χ0n) is 15.1. The fraction of sp³-hybridized carbons (Fsp3) is 0.316. The third-order valence-electron chi connectivity index (χ3n) is 3.85. The molecule has 1 amide bonds. The number of furan rings is 1. The van der Waals surface area contributed by atoms with Crippen molar-refractivity contribution in [2.75, 3.05) is 19.5 Å². The molecule has 0 radical (unpaired) electrons. The van der Waals surface area contributed by atoms with Crippen LogP contribution in [0.2, 0.25) is 0 Å². The summed E-state index contributed by atoms with van der Waals surface area (Å²) in [4.78, 5) is 12.2. The van der Waals surface area contributed by atoms with Crippen molar-refractivity contribution in [2.45, 2.75) is 24.7 Å². The van der Waals surface area contributed by atoms with Crippen LogP contribution in [-0.4, -0.2) is 40.1 Å². The predicted molar refractivity (Wildman–Crippen MR) is 103 cm³/mol. The molecule has 0 aliphatic heterocycles. The lowest BCUT2D eigenvalue weighted by molar-refractivity contribution is -0.118. The summed E-state index contributed by atoms with van der Waals surface area (Å²) in [5.74, 6) is 1.53. The maximum Gasteiger partial charge on any atom is 0.230 e. The number of rotatable bonds is 10. The Morgan fingerprint density at radius 1 is 1.22 bits per heavy atom. The fourth-order valence-corrected chi connectivity index (χ4v) is 3.32. The van der Waals surface area contributed by atoms with Crippen molar-refractivity contribution in [3.05, 3.63) is 54.3 Å². The van der Waals surface area contributed by atoms with Crippen LogP contribution in [0.25, 0.3) is 11.6 Å². The summed E-state index contributed by atoms with van der Waals surface area (Å²) in [6.07, 6.45) is 2.42. The number of hydrogen-bond acceptors (Lipinski definition) is 6. The lowest BCUT2D eigenvalue weighted by atomic mass is 10.2. The number of nitrogens with zero attached hydrogens (tertiary/aromatic N) is 3. The number of carbonyl (C=O) groups is 1. The topological polar surface area (TPSA) is 82.2 Å². The van der Waals surface area contributed by atoms with Crippen molar-refractivity contribution in [1.29, 1.82) is 0 Å². The maximum atomic E-state index is 12.2. The Balaban J connectivity index is 1.60. The van der Waals surface area contributed by atoms with Gasteiger partial charge in [-0.3, -0.25) is 9.36 Å². The van der Waals surface area contributed by atoms with E-state index in [1.807, 2.05) is 47.0 Å². The van der Waals surface area contributed by atoms with E-state index in [9.17, 15) is 4.79 Å². The van der Waals surface area contributed by atoms with Crippen molar-refractivity contribution in [3.8, 4) is 11.6 Å². The monoisotopic (exact) mass is 386 g/mol. The van der Waals surface area contributed by atoms with E-state index < -0.39 is 0 Å². The van der Waals surface area contributed by atoms with Crippen LogP contribution in [0.4, 0.5) is 0 Å². The summed E-state index contributed by atoms with van der Waals surface area (Å²) in [5.41, 5.74) is 1.07. The first-order chi connectivity index (χ1) is 13.3. The largest absolute Gasteiger partial charge is 0.461 e. The van der Waals surface area contributed by atoms with Crippen LogP contribution in [0.1, 0.15) is 12.0 Å². The van der Waals surface area contributed by atoms with E-state index >= 15 is 0 Å². The molecular weight excluding hydrogens is 364 g/mol. The highest BCUT2D eigenvalue weighted by atomic mass is 32.2. The number of methoxy groups -OCH3 is 1. The second kappa shape index (κ2) is 9.94. The number of hydrogen-bond donors (Lipinski definition) is 1. The molecule has 0 aliphatic carbocycles. The van der Waals surface area contributed by atoms with Gasteiger partial charge in [-0.15, -0.1) is 10.2 Å². The van der Waals surface area contributed by atoms with E-state index in [2.05, 4.69) is 15.5 Å². The molecule has 0 atom stereocenters. The Morgan fingerprint density at radius 2 is 2.07 bits per heavy atom. The van der Waals surface area contributed by atoms with Crippen LogP contribution in [0.15, 0.2) is 58.3 Å². The van der Waals surface area contributed by atoms with Gasteiger partial charge in [0.05, 0.1) is 12.0 Å². The van der Waals surface area contributed by atoms with E-state index in [-0.39, 0.29) is 11.7 Å². The van der Waals surface area contributed by atoms with Crippen molar-refractivity contribution in [1.82, 2.24) is 20.1 Å². The number of carbonyl (C=O) groups excluding carboxylic acids is 1. The molecule has 0 unspecified atom stereocenters. The van der Waals surface area contributed by atoms with Gasteiger partial charge in [-0.05, 0) is 24.1 Å². The summed E-state index contributed by atoms with van der Waals surface area (Å²) in [5, 5.41) is 12.1. The number of amides is 1. The molecule has 0 spiro atoms. The van der Waals surface area contributed by atoms with Gasteiger partial charge < -0.3 is 14.5 Å². The molecule has 0 aliphatic rings. The van der Waals surface area contributed by atoms with Gasteiger partial charge in [-0.1, -0.05) is 42.1 Å². The molecule has 142 valence electrons. The molecule has 8 heteroatoms. The number of ether oxygens (including phenoxy) is 1. The Bertz CT molecular complexity index is 834. The molecule has 0 bridgehead atoms. The molecule has 0 fully saturated rings. The van der Waals surface area contributed by atoms with Crippen molar-refractivity contribution < 1.29 is 13.9 Å². The molecule has 3 rings (SSSR count).